The maximum Gasteiger partial charge on any atom is 0.196 e. The molecule has 0 unspecified atom stereocenters. The monoisotopic (exact) mass is 497 g/mol. The SMILES string of the molecule is COc1ccc(-n2c(SCc3c(Cl)cccc3Cl)nnc2-c2ccc(C(C)(C)C)cc2)cc1. The molecule has 4 rings (SSSR count). The summed E-state index contributed by atoms with van der Waals surface area (Å²) in [4.78, 5) is 0. The minimum Gasteiger partial charge on any atom is -0.497 e. The molecule has 33 heavy (non-hydrogen) atoms. The van der Waals surface area contributed by atoms with Gasteiger partial charge >= 0.3 is 0 Å². The number of benzene rings is 3. The molecule has 4 nitrogen and oxygen atoms in total. The Bertz CT molecular complexity index is 1230. The minimum atomic E-state index is 0.0808. The molecule has 0 radical (unpaired) electrons. The molecule has 1 heterocycles. The number of nitrogens with zero attached hydrogens (tertiary/aromatic N) is 3. The third-order valence-corrected chi connectivity index (χ3v) is 7.04. The van der Waals surface area contributed by atoms with E-state index in [0.717, 1.165) is 33.5 Å². The van der Waals surface area contributed by atoms with E-state index in [2.05, 4.69) is 59.8 Å². The average Bonchev–Trinajstić information content (AvgIpc) is 3.22. The lowest BCUT2D eigenvalue weighted by Gasteiger charge is -2.19. The number of ether oxygens (including phenoxy) is 1. The van der Waals surface area contributed by atoms with Crippen molar-refractivity contribution in [3.63, 3.8) is 0 Å². The maximum atomic E-state index is 6.38. The predicted octanol–water partition coefficient (Wildman–Crippen LogP) is 7.84. The van der Waals surface area contributed by atoms with Gasteiger partial charge in [-0.1, -0.05) is 86.1 Å². The number of hydrogen-bond donors (Lipinski definition) is 0. The number of hydrogen-bond acceptors (Lipinski definition) is 4. The van der Waals surface area contributed by atoms with Gasteiger partial charge in [0.1, 0.15) is 5.75 Å². The molecule has 0 saturated heterocycles. The van der Waals surface area contributed by atoms with Crippen molar-refractivity contribution >= 4 is 35.0 Å². The van der Waals surface area contributed by atoms with Crippen LogP contribution in [0.4, 0.5) is 0 Å². The third-order valence-electron chi connectivity index (χ3n) is 5.38. The van der Waals surface area contributed by atoms with Gasteiger partial charge in [-0.15, -0.1) is 10.2 Å². The summed E-state index contributed by atoms with van der Waals surface area (Å²) in [6.45, 7) is 6.61. The van der Waals surface area contributed by atoms with Crippen molar-refractivity contribution in [3.8, 4) is 22.8 Å². The van der Waals surface area contributed by atoms with Gasteiger partial charge in [-0.05, 0) is 52.9 Å². The smallest absolute Gasteiger partial charge is 0.196 e. The first-order chi connectivity index (χ1) is 15.8. The van der Waals surface area contributed by atoms with Crippen molar-refractivity contribution in [2.75, 3.05) is 7.11 Å². The highest BCUT2D eigenvalue weighted by molar-refractivity contribution is 7.98. The normalized spacial score (nSPS) is 11.6. The second-order valence-electron chi connectivity index (χ2n) is 8.66. The van der Waals surface area contributed by atoms with Crippen molar-refractivity contribution < 1.29 is 4.74 Å². The zero-order chi connectivity index (χ0) is 23.6. The molecule has 0 bridgehead atoms. The quantitative estimate of drug-likeness (QED) is 0.254. The summed E-state index contributed by atoms with van der Waals surface area (Å²) in [6, 6.07) is 21.9. The summed E-state index contributed by atoms with van der Waals surface area (Å²) in [6.07, 6.45) is 0. The molecular weight excluding hydrogens is 473 g/mol. The molecule has 0 aliphatic rings. The van der Waals surface area contributed by atoms with E-state index in [9.17, 15) is 0 Å². The minimum absolute atomic E-state index is 0.0808. The Morgan fingerprint density at radius 3 is 2.09 bits per heavy atom. The van der Waals surface area contributed by atoms with Crippen LogP contribution in [0.1, 0.15) is 31.9 Å². The Morgan fingerprint density at radius 1 is 0.879 bits per heavy atom. The Labute approximate surface area is 208 Å². The highest BCUT2D eigenvalue weighted by atomic mass is 35.5. The zero-order valence-corrected chi connectivity index (χ0v) is 21.3. The molecule has 0 N–H and O–H groups in total. The Balaban J connectivity index is 1.75. The van der Waals surface area contributed by atoms with Crippen molar-refractivity contribution in [1.29, 1.82) is 0 Å². The lowest BCUT2D eigenvalue weighted by molar-refractivity contribution is 0.414. The summed E-state index contributed by atoms with van der Waals surface area (Å²) in [5.41, 5.74) is 4.17. The number of halogens is 2. The number of rotatable bonds is 6. The molecule has 0 spiro atoms. The van der Waals surface area contributed by atoms with Crippen LogP contribution in [0.2, 0.25) is 10.0 Å². The molecule has 3 aromatic carbocycles. The zero-order valence-electron chi connectivity index (χ0n) is 19.0. The number of thioether (sulfide) groups is 1. The van der Waals surface area contributed by atoms with Gasteiger partial charge in [0.2, 0.25) is 0 Å². The first-order valence-corrected chi connectivity index (χ1v) is 12.3. The van der Waals surface area contributed by atoms with Crippen molar-refractivity contribution in [3.05, 3.63) is 87.9 Å². The van der Waals surface area contributed by atoms with Crippen LogP contribution in [0.3, 0.4) is 0 Å². The van der Waals surface area contributed by atoms with Crippen molar-refractivity contribution in [2.24, 2.45) is 0 Å². The second kappa shape index (κ2) is 9.80. The third kappa shape index (κ3) is 5.21. The van der Waals surface area contributed by atoms with Crippen molar-refractivity contribution in [2.45, 2.75) is 37.1 Å². The first kappa shape index (κ1) is 23.7. The molecule has 0 atom stereocenters. The Hall–Kier alpha value is -2.47. The Kier molecular flexibility index (Phi) is 7.03. The summed E-state index contributed by atoms with van der Waals surface area (Å²) in [5.74, 6) is 2.14. The van der Waals surface area contributed by atoms with Crippen LogP contribution >= 0.6 is 35.0 Å². The van der Waals surface area contributed by atoms with Crippen LogP contribution in [0.25, 0.3) is 17.1 Å². The van der Waals surface area contributed by atoms with Gasteiger partial charge in [0, 0.05) is 27.0 Å². The summed E-state index contributed by atoms with van der Waals surface area (Å²) >= 11 is 14.3. The highest BCUT2D eigenvalue weighted by Crippen LogP contribution is 2.34. The Morgan fingerprint density at radius 2 is 1.52 bits per heavy atom. The summed E-state index contributed by atoms with van der Waals surface area (Å²) in [7, 11) is 1.66. The highest BCUT2D eigenvalue weighted by Gasteiger charge is 2.19. The fourth-order valence-corrected chi connectivity index (χ4v) is 5.13. The lowest BCUT2D eigenvalue weighted by Crippen LogP contribution is -2.10. The molecular formula is C26H25Cl2N3OS. The molecule has 0 amide bonds. The number of methoxy groups -OCH3 is 1. The van der Waals surface area contributed by atoms with Crippen LogP contribution in [0, 0.1) is 0 Å². The van der Waals surface area contributed by atoms with E-state index in [0.29, 0.717) is 15.8 Å². The van der Waals surface area contributed by atoms with Gasteiger partial charge in [-0.3, -0.25) is 4.57 Å². The van der Waals surface area contributed by atoms with Gasteiger partial charge < -0.3 is 4.74 Å². The van der Waals surface area contributed by atoms with Gasteiger partial charge in [-0.2, -0.15) is 0 Å². The van der Waals surface area contributed by atoms with Crippen LogP contribution in [0.15, 0.2) is 71.9 Å². The number of aromatic nitrogens is 3. The van der Waals surface area contributed by atoms with Gasteiger partial charge in [0.05, 0.1) is 7.11 Å². The van der Waals surface area contributed by atoms with Gasteiger partial charge in [0.25, 0.3) is 0 Å². The van der Waals surface area contributed by atoms with Crippen molar-refractivity contribution in [1.82, 2.24) is 14.8 Å². The fourth-order valence-electron chi connectivity index (χ4n) is 3.44. The van der Waals surface area contributed by atoms with Crippen LogP contribution < -0.4 is 4.74 Å². The van der Waals surface area contributed by atoms with Crippen LogP contribution in [-0.4, -0.2) is 21.9 Å². The van der Waals surface area contributed by atoms with Gasteiger partial charge in [-0.25, -0.2) is 0 Å². The van der Waals surface area contributed by atoms with E-state index in [1.165, 1.54) is 5.56 Å². The van der Waals surface area contributed by atoms with Crippen LogP contribution in [-0.2, 0) is 11.2 Å². The molecule has 170 valence electrons. The van der Waals surface area contributed by atoms with Crippen LogP contribution in [0.5, 0.6) is 5.75 Å². The first-order valence-electron chi connectivity index (χ1n) is 10.5. The summed E-state index contributed by atoms with van der Waals surface area (Å²) in [5, 5.41) is 11.1. The molecule has 4 aromatic rings. The van der Waals surface area contributed by atoms with E-state index in [1.54, 1.807) is 18.9 Å². The van der Waals surface area contributed by atoms with E-state index in [-0.39, 0.29) is 5.41 Å². The van der Waals surface area contributed by atoms with E-state index in [1.807, 2.05) is 42.5 Å². The summed E-state index contributed by atoms with van der Waals surface area (Å²) < 4.78 is 7.39. The fraction of sp³-hybridized carbons (Fsp3) is 0.231. The molecule has 1 aromatic heterocycles. The van der Waals surface area contributed by atoms with Gasteiger partial charge in [0.15, 0.2) is 11.0 Å². The molecule has 0 fully saturated rings. The molecule has 0 aliphatic carbocycles. The van der Waals surface area contributed by atoms with E-state index >= 15 is 0 Å². The second-order valence-corrected chi connectivity index (χ2v) is 10.4. The van der Waals surface area contributed by atoms with E-state index < -0.39 is 0 Å². The largest absolute Gasteiger partial charge is 0.497 e. The predicted molar refractivity (Wildman–Crippen MR) is 138 cm³/mol. The maximum absolute atomic E-state index is 6.38. The lowest BCUT2D eigenvalue weighted by atomic mass is 9.87. The molecule has 7 heteroatoms. The average molecular weight is 498 g/mol. The topological polar surface area (TPSA) is 39.9 Å². The standard InChI is InChI=1S/C26H25Cl2N3OS/c1-26(2,3)18-10-8-17(9-11-18)24-29-30-25(31(24)19-12-14-20(32-4)15-13-19)33-16-21-22(27)6-5-7-23(21)28/h5-15H,16H2,1-4H3. The van der Waals surface area contributed by atoms with E-state index in [4.69, 9.17) is 27.9 Å². The molecule has 0 aliphatic heterocycles. The molecule has 0 saturated carbocycles.